The van der Waals surface area contributed by atoms with Gasteiger partial charge in [0, 0.05) is 37.3 Å². The predicted molar refractivity (Wildman–Crippen MR) is 198 cm³/mol. The molecule has 1 heterocycles. The quantitative estimate of drug-likeness (QED) is 0.166. The number of nitrogens with zero attached hydrogens (tertiary/aromatic N) is 2. The van der Waals surface area contributed by atoms with Gasteiger partial charge in [-0.1, -0.05) is 91.0 Å². The fraction of sp³-hybridized carbons (Fsp3) is 0.308. The first kappa shape index (κ1) is 37.2. The van der Waals surface area contributed by atoms with E-state index in [2.05, 4.69) is 16.0 Å². The third-order valence-corrected chi connectivity index (χ3v) is 10.4. The fourth-order valence-corrected chi connectivity index (χ4v) is 6.62. The number of aliphatic hydroxyl groups excluding tert-OH is 1. The molecule has 0 saturated carbocycles. The van der Waals surface area contributed by atoms with Crippen LogP contribution < -0.4 is 20.3 Å². The molecular formula is C39H45N5O6S. The molecule has 0 spiro atoms. The number of nitrogens with one attached hydrogen (secondary N) is 3. The Kier molecular flexibility index (Phi) is 11.9. The van der Waals surface area contributed by atoms with Crippen molar-refractivity contribution < 1.29 is 27.9 Å². The number of hydrogen-bond acceptors (Lipinski definition) is 7. The summed E-state index contributed by atoms with van der Waals surface area (Å²) in [5, 5.41) is 20.9. The van der Waals surface area contributed by atoms with Crippen LogP contribution in [0.5, 0.6) is 0 Å². The van der Waals surface area contributed by atoms with Gasteiger partial charge in [-0.2, -0.15) is 0 Å². The summed E-state index contributed by atoms with van der Waals surface area (Å²) in [6.45, 7) is 4.57. The molecule has 268 valence electrons. The highest BCUT2D eigenvalue weighted by Gasteiger charge is 2.40. The second-order valence-electron chi connectivity index (χ2n) is 13.1. The lowest BCUT2D eigenvalue weighted by atomic mass is 9.93. The molecule has 0 radical (unpaired) electrons. The number of carbonyl (C=O) groups excluding carboxylic acids is 3. The molecule has 3 amide bonds. The summed E-state index contributed by atoms with van der Waals surface area (Å²) in [5.74, 6) is -1.45. The Bertz CT molecular complexity index is 1930. The first-order valence-corrected chi connectivity index (χ1v) is 18.7. The van der Waals surface area contributed by atoms with Gasteiger partial charge in [0.25, 0.3) is 11.8 Å². The Morgan fingerprint density at radius 2 is 1.41 bits per heavy atom. The van der Waals surface area contributed by atoms with E-state index >= 15 is 0 Å². The van der Waals surface area contributed by atoms with Crippen LogP contribution in [0, 0.1) is 0 Å². The van der Waals surface area contributed by atoms with Crippen LogP contribution >= 0.6 is 0 Å². The zero-order chi connectivity index (χ0) is 36.7. The standard InChI is InChI=1S/C39H45N5O6S/c1-26-24-40-35(39(48)44(26)25-29-16-10-6-11-17-29)36(45)34(20-28-14-8-5-9-15-28)42-38(47)32-21-31(22-33(23-32)43(3)51(4,49)50)37(46)41-27(2)30-18-12-7-13-19-30/h5-19,21-23,26-27,34-36,40,45H,20,24-25H2,1-4H3,(H,41,46)(H,42,47)/t26?,27-,34+,35+,36?/m1/s1. The number of amides is 3. The first-order valence-electron chi connectivity index (χ1n) is 16.9. The molecule has 0 bridgehead atoms. The largest absolute Gasteiger partial charge is 0.389 e. The van der Waals surface area contributed by atoms with Gasteiger partial charge in [-0.05, 0) is 55.2 Å². The highest BCUT2D eigenvalue weighted by Crippen LogP contribution is 2.23. The highest BCUT2D eigenvalue weighted by atomic mass is 32.2. The van der Waals surface area contributed by atoms with Crippen molar-refractivity contribution in [3.8, 4) is 0 Å². The predicted octanol–water partition coefficient (Wildman–Crippen LogP) is 3.66. The van der Waals surface area contributed by atoms with Gasteiger partial charge in [-0.15, -0.1) is 0 Å². The van der Waals surface area contributed by atoms with Crippen molar-refractivity contribution in [2.24, 2.45) is 0 Å². The average Bonchev–Trinajstić information content (AvgIpc) is 3.13. The summed E-state index contributed by atoms with van der Waals surface area (Å²) in [6, 6.07) is 30.0. The number of carbonyl (C=O) groups is 3. The second-order valence-corrected chi connectivity index (χ2v) is 15.1. The van der Waals surface area contributed by atoms with Crippen LogP contribution in [-0.2, 0) is 27.8 Å². The zero-order valence-corrected chi connectivity index (χ0v) is 30.0. The van der Waals surface area contributed by atoms with Gasteiger partial charge in [0.15, 0.2) is 0 Å². The Balaban J connectivity index is 1.44. The lowest BCUT2D eigenvalue weighted by Crippen LogP contribution is -2.66. The second kappa shape index (κ2) is 16.3. The van der Waals surface area contributed by atoms with Crippen molar-refractivity contribution in [2.75, 3.05) is 24.2 Å². The van der Waals surface area contributed by atoms with Crippen molar-refractivity contribution in [1.82, 2.24) is 20.9 Å². The van der Waals surface area contributed by atoms with Gasteiger partial charge in [0.1, 0.15) is 6.04 Å². The van der Waals surface area contributed by atoms with Crippen LogP contribution in [0.1, 0.15) is 57.3 Å². The van der Waals surface area contributed by atoms with E-state index in [-0.39, 0.29) is 41.2 Å². The normalized spacial score (nSPS) is 18.0. The van der Waals surface area contributed by atoms with E-state index in [4.69, 9.17) is 0 Å². The van der Waals surface area contributed by atoms with Gasteiger partial charge in [0.2, 0.25) is 15.9 Å². The van der Waals surface area contributed by atoms with Gasteiger partial charge in [0.05, 0.1) is 30.1 Å². The van der Waals surface area contributed by atoms with E-state index < -0.39 is 40.0 Å². The van der Waals surface area contributed by atoms with Gasteiger partial charge < -0.3 is 26.0 Å². The molecule has 5 rings (SSSR count). The van der Waals surface area contributed by atoms with Crippen LogP contribution in [0.2, 0.25) is 0 Å². The SMILES string of the molecule is CC1CN[C@@H](C(O)[C@H](Cc2ccccc2)NC(=O)c2cc(C(=O)N[C@H](C)c3ccccc3)cc(N(C)S(C)(=O)=O)c2)C(=O)N1Cc1ccccc1. The average molecular weight is 712 g/mol. The van der Waals surface area contributed by atoms with E-state index in [0.717, 1.165) is 27.3 Å². The molecule has 2 unspecified atom stereocenters. The van der Waals surface area contributed by atoms with E-state index in [1.807, 2.05) is 105 Å². The minimum Gasteiger partial charge on any atom is -0.389 e. The zero-order valence-electron chi connectivity index (χ0n) is 29.2. The molecule has 1 saturated heterocycles. The number of anilines is 1. The monoisotopic (exact) mass is 711 g/mol. The smallest absolute Gasteiger partial charge is 0.251 e. The molecule has 11 nitrogen and oxygen atoms in total. The van der Waals surface area contributed by atoms with Crippen molar-refractivity contribution in [3.63, 3.8) is 0 Å². The van der Waals surface area contributed by atoms with Crippen LogP contribution in [0.15, 0.2) is 109 Å². The van der Waals surface area contributed by atoms with Crippen LogP contribution in [-0.4, -0.2) is 80.2 Å². The molecule has 4 N–H and O–H groups in total. The number of hydrogen-bond donors (Lipinski definition) is 4. The van der Waals surface area contributed by atoms with Crippen molar-refractivity contribution >= 4 is 33.4 Å². The Morgan fingerprint density at radius 1 is 0.882 bits per heavy atom. The van der Waals surface area contributed by atoms with E-state index in [9.17, 15) is 27.9 Å². The summed E-state index contributed by atoms with van der Waals surface area (Å²) in [6.07, 6.45) is -0.124. The first-order chi connectivity index (χ1) is 24.3. The number of rotatable bonds is 13. The maximum atomic E-state index is 14.1. The molecule has 4 aromatic carbocycles. The molecule has 0 aliphatic carbocycles. The van der Waals surface area contributed by atoms with Gasteiger partial charge >= 0.3 is 0 Å². The molecule has 51 heavy (non-hydrogen) atoms. The summed E-state index contributed by atoms with van der Waals surface area (Å²) in [4.78, 5) is 43.2. The minimum absolute atomic E-state index is 0.00744. The Morgan fingerprint density at radius 3 is 1.98 bits per heavy atom. The summed E-state index contributed by atoms with van der Waals surface area (Å²) in [7, 11) is -2.42. The topological polar surface area (TPSA) is 148 Å². The summed E-state index contributed by atoms with van der Waals surface area (Å²) in [5.41, 5.74) is 2.84. The molecule has 1 fully saturated rings. The molecule has 12 heteroatoms. The van der Waals surface area contributed by atoms with Crippen molar-refractivity contribution in [3.05, 3.63) is 137 Å². The molecule has 5 atom stereocenters. The number of sulfonamides is 1. The molecule has 4 aromatic rings. The van der Waals surface area contributed by atoms with Crippen LogP contribution in [0.3, 0.4) is 0 Å². The molecule has 1 aliphatic heterocycles. The Hall–Kier alpha value is -5.04. The van der Waals surface area contributed by atoms with Gasteiger partial charge in [-0.3, -0.25) is 18.7 Å². The van der Waals surface area contributed by atoms with E-state index in [1.54, 1.807) is 4.90 Å². The highest BCUT2D eigenvalue weighted by molar-refractivity contribution is 7.92. The lowest BCUT2D eigenvalue weighted by Gasteiger charge is -2.41. The number of aliphatic hydroxyl groups is 1. The van der Waals surface area contributed by atoms with E-state index in [0.29, 0.717) is 13.1 Å². The Labute approximate surface area is 299 Å². The third-order valence-electron chi connectivity index (χ3n) is 9.23. The van der Waals surface area contributed by atoms with Crippen molar-refractivity contribution in [2.45, 2.75) is 57.1 Å². The lowest BCUT2D eigenvalue weighted by molar-refractivity contribution is -0.143. The van der Waals surface area contributed by atoms with Crippen LogP contribution in [0.4, 0.5) is 5.69 Å². The number of piperazine rings is 1. The fourth-order valence-electron chi connectivity index (χ4n) is 6.13. The maximum absolute atomic E-state index is 14.1. The maximum Gasteiger partial charge on any atom is 0.251 e. The number of benzene rings is 4. The van der Waals surface area contributed by atoms with Crippen LogP contribution in [0.25, 0.3) is 0 Å². The molecule has 1 aliphatic rings. The van der Waals surface area contributed by atoms with Gasteiger partial charge in [-0.25, -0.2) is 8.42 Å². The minimum atomic E-state index is -3.76. The third kappa shape index (κ3) is 9.40. The van der Waals surface area contributed by atoms with Crippen molar-refractivity contribution in [1.29, 1.82) is 0 Å². The van der Waals surface area contributed by atoms with E-state index in [1.165, 1.54) is 25.2 Å². The molecule has 0 aromatic heterocycles. The summed E-state index contributed by atoms with van der Waals surface area (Å²) < 4.78 is 26.1. The molecular weight excluding hydrogens is 667 g/mol. The summed E-state index contributed by atoms with van der Waals surface area (Å²) >= 11 is 0.